The predicted molar refractivity (Wildman–Crippen MR) is 74.0 cm³/mol. The normalized spacial score (nSPS) is 10.7. The molecule has 0 aliphatic carbocycles. The zero-order valence-corrected chi connectivity index (χ0v) is 11.5. The van der Waals surface area contributed by atoms with Gasteiger partial charge in [0.25, 0.3) is 0 Å². The van der Waals surface area contributed by atoms with Crippen molar-refractivity contribution in [2.45, 2.75) is 32.6 Å². The van der Waals surface area contributed by atoms with Crippen molar-refractivity contribution >= 4 is 28.1 Å². The predicted octanol–water partition coefficient (Wildman–Crippen LogP) is 3.48. The quantitative estimate of drug-likeness (QED) is 0.487. The van der Waals surface area contributed by atoms with Crippen molar-refractivity contribution in [2.24, 2.45) is 5.10 Å². The third-order valence-corrected chi connectivity index (χ3v) is 2.75. The largest absolute Gasteiger partial charge is 0.273 e. The fourth-order valence-corrected chi connectivity index (χ4v) is 1.77. The first-order chi connectivity index (χ1) is 8.22. The molecular formula is C13H17BrN2O. The molecule has 4 heteroatoms. The fraction of sp³-hybridized carbons (Fsp3) is 0.385. The number of hydrazone groups is 1. The van der Waals surface area contributed by atoms with E-state index >= 15 is 0 Å². The maximum atomic E-state index is 11.3. The molecule has 1 rings (SSSR count). The number of amides is 1. The van der Waals surface area contributed by atoms with Crippen molar-refractivity contribution in [2.75, 3.05) is 0 Å². The summed E-state index contributed by atoms with van der Waals surface area (Å²) in [6, 6.07) is 7.74. The first-order valence-electron chi connectivity index (χ1n) is 5.80. The highest BCUT2D eigenvalue weighted by atomic mass is 79.9. The minimum Gasteiger partial charge on any atom is -0.273 e. The van der Waals surface area contributed by atoms with E-state index in [4.69, 9.17) is 0 Å². The van der Waals surface area contributed by atoms with E-state index in [-0.39, 0.29) is 5.91 Å². The summed E-state index contributed by atoms with van der Waals surface area (Å²) in [5, 5.41) is 3.92. The topological polar surface area (TPSA) is 41.5 Å². The molecule has 92 valence electrons. The van der Waals surface area contributed by atoms with Crippen molar-refractivity contribution in [3.8, 4) is 0 Å². The van der Waals surface area contributed by atoms with E-state index in [1.54, 1.807) is 6.21 Å². The lowest BCUT2D eigenvalue weighted by Crippen LogP contribution is -2.16. The van der Waals surface area contributed by atoms with Gasteiger partial charge in [-0.2, -0.15) is 5.10 Å². The monoisotopic (exact) mass is 296 g/mol. The molecule has 0 spiro atoms. The lowest BCUT2D eigenvalue weighted by molar-refractivity contribution is -0.121. The summed E-state index contributed by atoms with van der Waals surface area (Å²) in [4.78, 5) is 11.3. The van der Waals surface area contributed by atoms with E-state index < -0.39 is 0 Å². The molecule has 0 heterocycles. The molecule has 1 aromatic rings. The Labute approximate surface area is 110 Å². The molecule has 1 amide bonds. The summed E-state index contributed by atoms with van der Waals surface area (Å²) in [6.45, 7) is 2.11. The number of carbonyl (C=O) groups excluding carboxylic acids is 1. The third-order valence-electron chi connectivity index (χ3n) is 2.26. The molecule has 3 nitrogen and oxygen atoms in total. The maximum Gasteiger partial charge on any atom is 0.240 e. The van der Waals surface area contributed by atoms with Gasteiger partial charge in [0, 0.05) is 10.9 Å². The second-order valence-electron chi connectivity index (χ2n) is 3.81. The van der Waals surface area contributed by atoms with Crippen LogP contribution in [-0.4, -0.2) is 12.1 Å². The van der Waals surface area contributed by atoms with E-state index in [0.717, 1.165) is 29.3 Å². The number of benzene rings is 1. The summed E-state index contributed by atoms with van der Waals surface area (Å²) >= 11 is 3.38. The number of nitrogens with zero attached hydrogens (tertiary/aromatic N) is 1. The number of hydrogen-bond donors (Lipinski definition) is 1. The molecule has 1 N–H and O–H groups in total. The van der Waals surface area contributed by atoms with Crippen LogP contribution in [0.15, 0.2) is 33.8 Å². The highest BCUT2D eigenvalue weighted by Crippen LogP contribution is 2.09. The highest BCUT2D eigenvalue weighted by Gasteiger charge is 1.97. The van der Waals surface area contributed by atoms with Crippen LogP contribution < -0.4 is 5.43 Å². The molecule has 0 fully saturated rings. The van der Waals surface area contributed by atoms with Gasteiger partial charge in [0.2, 0.25) is 5.91 Å². The Morgan fingerprint density at radius 3 is 3.00 bits per heavy atom. The van der Waals surface area contributed by atoms with Crippen LogP contribution in [-0.2, 0) is 4.79 Å². The average Bonchev–Trinajstić information content (AvgIpc) is 2.29. The van der Waals surface area contributed by atoms with Gasteiger partial charge in [-0.1, -0.05) is 47.8 Å². The van der Waals surface area contributed by atoms with Crippen molar-refractivity contribution in [3.05, 3.63) is 34.3 Å². The molecule has 0 radical (unpaired) electrons. The van der Waals surface area contributed by atoms with Crippen molar-refractivity contribution in [1.82, 2.24) is 5.43 Å². The summed E-state index contributed by atoms with van der Waals surface area (Å²) < 4.78 is 0.996. The molecule has 0 atom stereocenters. The smallest absolute Gasteiger partial charge is 0.240 e. The van der Waals surface area contributed by atoms with Gasteiger partial charge in [0.05, 0.1) is 6.21 Å². The Balaban J connectivity index is 2.32. The van der Waals surface area contributed by atoms with Gasteiger partial charge in [-0.3, -0.25) is 4.79 Å². The van der Waals surface area contributed by atoms with Gasteiger partial charge in [-0.05, 0) is 24.1 Å². The van der Waals surface area contributed by atoms with Crippen LogP contribution in [0.2, 0.25) is 0 Å². The summed E-state index contributed by atoms with van der Waals surface area (Å²) in [5.41, 5.74) is 3.48. The molecule has 0 unspecified atom stereocenters. The minimum absolute atomic E-state index is 0.0234. The Morgan fingerprint density at radius 2 is 2.29 bits per heavy atom. The summed E-state index contributed by atoms with van der Waals surface area (Å²) in [6.07, 6.45) is 5.32. The Kier molecular flexibility index (Phi) is 6.55. The van der Waals surface area contributed by atoms with Crippen molar-refractivity contribution in [3.63, 3.8) is 0 Å². The first-order valence-corrected chi connectivity index (χ1v) is 6.59. The first kappa shape index (κ1) is 13.9. The van der Waals surface area contributed by atoms with Gasteiger partial charge in [-0.25, -0.2) is 5.43 Å². The number of rotatable bonds is 6. The molecule has 0 aromatic heterocycles. The van der Waals surface area contributed by atoms with Crippen LogP contribution in [0, 0.1) is 0 Å². The SMILES string of the molecule is CCCCCC(=O)NN=Cc1cccc(Br)c1. The zero-order chi connectivity index (χ0) is 12.5. The van der Waals surface area contributed by atoms with E-state index in [1.807, 2.05) is 24.3 Å². The molecule has 0 saturated heterocycles. The van der Waals surface area contributed by atoms with Crippen LogP contribution in [0.25, 0.3) is 0 Å². The van der Waals surface area contributed by atoms with Gasteiger partial charge in [0.1, 0.15) is 0 Å². The van der Waals surface area contributed by atoms with Gasteiger partial charge in [-0.15, -0.1) is 0 Å². The van der Waals surface area contributed by atoms with E-state index in [2.05, 4.69) is 33.4 Å². The lowest BCUT2D eigenvalue weighted by atomic mass is 10.2. The van der Waals surface area contributed by atoms with Crippen molar-refractivity contribution in [1.29, 1.82) is 0 Å². The van der Waals surface area contributed by atoms with Gasteiger partial charge >= 0.3 is 0 Å². The fourth-order valence-electron chi connectivity index (χ4n) is 1.36. The third kappa shape index (κ3) is 6.22. The highest BCUT2D eigenvalue weighted by molar-refractivity contribution is 9.10. The molecule has 0 aliphatic heterocycles. The number of halogens is 1. The number of nitrogens with one attached hydrogen (secondary N) is 1. The minimum atomic E-state index is -0.0234. The number of carbonyl (C=O) groups is 1. The van der Waals surface area contributed by atoms with Crippen LogP contribution in [0.3, 0.4) is 0 Å². The van der Waals surface area contributed by atoms with Gasteiger partial charge in [0.15, 0.2) is 0 Å². The molecule has 0 saturated carbocycles. The van der Waals surface area contributed by atoms with Crippen molar-refractivity contribution < 1.29 is 4.79 Å². The molecule has 17 heavy (non-hydrogen) atoms. The summed E-state index contributed by atoms with van der Waals surface area (Å²) in [7, 11) is 0. The Hall–Kier alpha value is -1.16. The second-order valence-corrected chi connectivity index (χ2v) is 4.72. The standard InChI is InChI=1S/C13H17BrN2O/c1-2-3-4-8-13(17)16-15-10-11-6-5-7-12(14)9-11/h5-7,9-10H,2-4,8H2,1H3,(H,16,17). The zero-order valence-electron chi connectivity index (χ0n) is 9.95. The van der Waals surface area contributed by atoms with Crippen LogP contribution in [0.4, 0.5) is 0 Å². The molecule has 0 bridgehead atoms. The molecular weight excluding hydrogens is 280 g/mol. The average molecular weight is 297 g/mol. The lowest BCUT2D eigenvalue weighted by Gasteiger charge is -1.98. The van der Waals surface area contributed by atoms with Crippen LogP contribution in [0.5, 0.6) is 0 Å². The van der Waals surface area contributed by atoms with E-state index in [1.165, 1.54) is 0 Å². The molecule has 1 aromatic carbocycles. The van der Waals surface area contributed by atoms with E-state index in [0.29, 0.717) is 6.42 Å². The molecule has 0 aliphatic rings. The Bertz CT molecular complexity index is 391. The maximum absolute atomic E-state index is 11.3. The second kappa shape index (κ2) is 8.01. The number of unbranched alkanes of at least 4 members (excludes halogenated alkanes) is 2. The van der Waals surface area contributed by atoms with Gasteiger partial charge < -0.3 is 0 Å². The van der Waals surface area contributed by atoms with Crippen LogP contribution >= 0.6 is 15.9 Å². The van der Waals surface area contributed by atoms with E-state index in [9.17, 15) is 4.79 Å². The van der Waals surface area contributed by atoms with Crippen LogP contribution in [0.1, 0.15) is 38.2 Å². The Morgan fingerprint density at radius 1 is 1.47 bits per heavy atom. The number of hydrogen-bond acceptors (Lipinski definition) is 2. The summed E-state index contributed by atoms with van der Waals surface area (Å²) in [5.74, 6) is -0.0234.